The molecule has 1 aliphatic carbocycles. The molecule has 0 aliphatic heterocycles. The molecule has 1 aromatic carbocycles. The van der Waals surface area contributed by atoms with Gasteiger partial charge in [0.15, 0.2) is 8.32 Å². The molecule has 0 saturated heterocycles. The summed E-state index contributed by atoms with van der Waals surface area (Å²) in [5, 5.41) is 3.72. The van der Waals surface area contributed by atoms with E-state index in [-0.39, 0.29) is 23.0 Å². The highest BCUT2D eigenvalue weighted by Crippen LogP contribution is 2.39. The third-order valence-corrected chi connectivity index (χ3v) is 10.1. The molecule has 1 N–H and O–H groups in total. The molecule has 0 spiro atoms. The van der Waals surface area contributed by atoms with Gasteiger partial charge in [0.2, 0.25) is 0 Å². The lowest BCUT2D eigenvalue weighted by Gasteiger charge is -2.43. The Morgan fingerprint density at radius 1 is 1.17 bits per heavy atom. The molecule has 23 heavy (non-hydrogen) atoms. The number of anilines is 1. The molecule has 1 aliphatic rings. The van der Waals surface area contributed by atoms with Crippen LogP contribution in [0.25, 0.3) is 0 Å². The third kappa shape index (κ3) is 5.04. The molecule has 2 nitrogen and oxygen atoms in total. The first-order chi connectivity index (χ1) is 10.6. The van der Waals surface area contributed by atoms with Gasteiger partial charge in [0.05, 0.1) is 12.1 Å². The molecular weight excluding hydrogens is 373 g/mol. The van der Waals surface area contributed by atoms with Crippen molar-refractivity contribution in [1.82, 2.24) is 0 Å². The lowest BCUT2D eigenvalue weighted by Crippen LogP contribution is -2.49. The fraction of sp³-hybridized carbons (Fsp3) is 0.667. The van der Waals surface area contributed by atoms with E-state index in [1.165, 1.54) is 18.9 Å². The van der Waals surface area contributed by atoms with Crippen LogP contribution in [0.4, 0.5) is 10.1 Å². The molecule has 1 saturated carbocycles. The second-order valence-corrected chi connectivity index (χ2v) is 13.8. The Balaban J connectivity index is 2.12. The molecule has 2 atom stereocenters. The quantitative estimate of drug-likeness (QED) is 0.594. The van der Waals surface area contributed by atoms with Gasteiger partial charge in [0, 0.05) is 10.2 Å². The number of hydrogen-bond acceptors (Lipinski definition) is 2. The normalized spacial score (nSPS) is 22.9. The Bertz CT molecular complexity index is 524. The van der Waals surface area contributed by atoms with E-state index >= 15 is 0 Å². The van der Waals surface area contributed by atoms with Crippen molar-refractivity contribution in [2.24, 2.45) is 0 Å². The van der Waals surface area contributed by atoms with E-state index in [1.54, 1.807) is 6.07 Å². The molecule has 0 amide bonds. The minimum absolute atomic E-state index is 0.205. The predicted octanol–water partition coefficient (Wildman–Crippen LogP) is 6.33. The van der Waals surface area contributed by atoms with Crippen molar-refractivity contribution in [3.05, 3.63) is 28.5 Å². The number of rotatable bonds is 4. The average molecular weight is 402 g/mol. The largest absolute Gasteiger partial charge is 0.412 e. The third-order valence-electron chi connectivity index (χ3n) is 5.17. The maximum absolute atomic E-state index is 13.6. The van der Waals surface area contributed by atoms with Gasteiger partial charge in [-0.3, -0.25) is 0 Å². The maximum atomic E-state index is 13.6. The second kappa shape index (κ2) is 7.24. The molecule has 0 radical (unpaired) electrons. The van der Waals surface area contributed by atoms with Crippen molar-refractivity contribution in [2.45, 2.75) is 76.7 Å². The molecule has 1 aromatic rings. The van der Waals surface area contributed by atoms with Gasteiger partial charge in [-0.1, -0.05) is 49.5 Å². The molecule has 5 heteroatoms. The molecule has 0 bridgehead atoms. The van der Waals surface area contributed by atoms with Gasteiger partial charge in [0.1, 0.15) is 5.82 Å². The first kappa shape index (κ1) is 18.9. The Labute approximate surface area is 149 Å². The number of nitrogens with one attached hydrogen (secondary N) is 1. The van der Waals surface area contributed by atoms with Crippen LogP contribution in [0, 0.1) is 5.82 Å². The van der Waals surface area contributed by atoms with E-state index in [1.807, 2.05) is 6.07 Å². The minimum Gasteiger partial charge on any atom is -0.412 e. The van der Waals surface area contributed by atoms with Gasteiger partial charge in [0.25, 0.3) is 0 Å². The summed E-state index contributed by atoms with van der Waals surface area (Å²) in [7, 11) is -1.80. The Kier molecular flexibility index (Phi) is 5.96. The van der Waals surface area contributed by atoms with Crippen LogP contribution in [0.5, 0.6) is 0 Å². The highest BCUT2D eigenvalue weighted by Gasteiger charge is 2.41. The van der Waals surface area contributed by atoms with E-state index in [0.29, 0.717) is 0 Å². The van der Waals surface area contributed by atoms with Crippen molar-refractivity contribution in [1.29, 1.82) is 0 Å². The summed E-state index contributed by atoms with van der Waals surface area (Å²) in [6, 6.07) is 5.23. The second-order valence-electron chi connectivity index (χ2n) is 8.11. The first-order valence-corrected chi connectivity index (χ1v) is 12.2. The molecule has 130 valence electrons. The van der Waals surface area contributed by atoms with Crippen LogP contribution in [0.15, 0.2) is 22.7 Å². The number of benzene rings is 1. The summed E-state index contributed by atoms with van der Waals surface area (Å²) < 4.78 is 21.0. The summed E-state index contributed by atoms with van der Waals surface area (Å²) in [4.78, 5) is 0. The van der Waals surface area contributed by atoms with Crippen molar-refractivity contribution < 1.29 is 8.82 Å². The fourth-order valence-electron chi connectivity index (χ4n) is 2.81. The van der Waals surface area contributed by atoms with Gasteiger partial charge >= 0.3 is 0 Å². The predicted molar refractivity (Wildman–Crippen MR) is 102 cm³/mol. The van der Waals surface area contributed by atoms with Crippen LogP contribution in [-0.2, 0) is 4.43 Å². The van der Waals surface area contributed by atoms with Crippen LogP contribution in [0.3, 0.4) is 0 Å². The molecular formula is C18H29BrFNOSi. The highest BCUT2D eigenvalue weighted by molar-refractivity contribution is 9.10. The summed E-state index contributed by atoms with van der Waals surface area (Å²) >= 11 is 3.36. The first-order valence-electron chi connectivity index (χ1n) is 8.49. The van der Waals surface area contributed by atoms with Crippen LogP contribution < -0.4 is 5.32 Å². The van der Waals surface area contributed by atoms with Crippen molar-refractivity contribution in [3.63, 3.8) is 0 Å². The standard InChI is InChI=1S/C18H29BrFNOSi/c1-18(2,3)23(4,5)22-17-9-7-6-8-16(17)21-15-11-13(19)10-14(20)12-15/h10-12,16-17,21H,6-9H2,1-5H3/t16-,17+/m1/s1. The van der Waals surface area contributed by atoms with E-state index in [9.17, 15) is 4.39 Å². The number of halogens is 2. The van der Waals surface area contributed by atoms with Crippen molar-refractivity contribution in [2.75, 3.05) is 5.32 Å². The summed E-state index contributed by atoms with van der Waals surface area (Å²) in [5.41, 5.74) is 0.826. The Morgan fingerprint density at radius 2 is 1.83 bits per heavy atom. The van der Waals surface area contributed by atoms with Gasteiger partial charge < -0.3 is 9.74 Å². The van der Waals surface area contributed by atoms with Crippen molar-refractivity contribution >= 4 is 29.9 Å². The van der Waals surface area contributed by atoms with Gasteiger partial charge in [-0.05, 0) is 49.2 Å². The van der Waals surface area contributed by atoms with E-state index in [2.05, 4.69) is 55.1 Å². The van der Waals surface area contributed by atoms with Crippen LogP contribution in [-0.4, -0.2) is 20.5 Å². The lowest BCUT2D eigenvalue weighted by atomic mass is 9.92. The van der Waals surface area contributed by atoms with E-state index in [0.717, 1.165) is 23.0 Å². The van der Waals surface area contributed by atoms with Crippen LogP contribution in [0.1, 0.15) is 46.5 Å². The Hall–Kier alpha value is -0.393. The zero-order valence-electron chi connectivity index (χ0n) is 14.9. The van der Waals surface area contributed by atoms with Gasteiger partial charge in [-0.15, -0.1) is 0 Å². The molecule has 0 aromatic heterocycles. The fourth-order valence-corrected chi connectivity index (χ4v) is 4.67. The number of hydrogen-bond donors (Lipinski definition) is 1. The zero-order chi connectivity index (χ0) is 17.3. The average Bonchev–Trinajstić information content (AvgIpc) is 2.38. The molecule has 0 unspecified atom stereocenters. The SMILES string of the molecule is CC(C)(C)[Si](C)(C)O[C@H]1CCCC[C@H]1Nc1cc(F)cc(Br)c1. The van der Waals surface area contributed by atoms with Gasteiger partial charge in [-0.25, -0.2) is 4.39 Å². The van der Waals surface area contributed by atoms with Gasteiger partial charge in [-0.2, -0.15) is 0 Å². The molecule has 0 heterocycles. The smallest absolute Gasteiger partial charge is 0.192 e. The molecule has 2 rings (SSSR count). The summed E-state index contributed by atoms with van der Waals surface area (Å²) in [6.07, 6.45) is 4.79. The Morgan fingerprint density at radius 3 is 2.43 bits per heavy atom. The minimum atomic E-state index is -1.80. The van der Waals surface area contributed by atoms with Crippen molar-refractivity contribution in [3.8, 4) is 0 Å². The van der Waals surface area contributed by atoms with E-state index in [4.69, 9.17) is 4.43 Å². The monoisotopic (exact) mass is 401 g/mol. The topological polar surface area (TPSA) is 21.3 Å². The lowest BCUT2D eigenvalue weighted by molar-refractivity contribution is 0.124. The summed E-state index contributed by atoms with van der Waals surface area (Å²) in [6.45, 7) is 11.4. The zero-order valence-corrected chi connectivity index (χ0v) is 17.5. The van der Waals surface area contributed by atoms with E-state index < -0.39 is 8.32 Å². The van der Waals surface area contributed by atoms with Crippen LogP contribution >= 0.6 is 15.9 Å². The van der Waals surface area contributed by atoms with Crippen LogP contribution in [0.2, 0.25) is 18.1 Å². The molecule has 1 fully saturated rings. The highest BCUT2D eigenvalue weighted by atomic mass is 79.9. The summed E-state index contributed by atoms with van der Waals surface area (Å²) in [5.74, 6) is -0.223. The maximum Gasteiger partial charge on any atom is 0.192 e.